The van der Waals surface area contributed by atoms with Crippen molar-refractivity contribution in [1.29, 1.82) is 0 Å². The maximum atomic E-state index is 13.0. The molecule has 2 aliphatic heterocycles. The summed E-state index contributed by atoms with van der Waals surface area (Å²) in [7, 11) is -3.47. The molecular weight excluding hydrogens is 398 g/mol. The molecular formula is C20H30ClN3O3S. The molecule has 1 atom stereocenters. The SMILES string of the molecule is Cl.NCC1CCN(C(=O)C2CCN(S(=O)(=O)c3ccc4c(c3)CCC4)CC2)C1. The van der Waals surface area contributed by atoms with Crippen LogP contribution in [0.15, 0.2) is 23.1 Å². The van der Waals surface area contributed by atoms with E-state index < -0.39 is 10.0 Å². The average molecular weight is 428 g/mol. The number of hydrogen-bond donors (Lipinski definition) is 1. The number of aryl methyl sites for hydroxylation is 2. The van der Waals surface area contributed by atoms with E-state index in [4.69, 9.17) is 5.73 Å². The van der Waals surface area contributed by atoms with Gasteiger partial charge in [0.25, 0.3) is 0 Å². The standard InChI is InChI=1S/C20H29N3O3S.ClH/c21-13-15-6-9-22(14-15)20(24)17-7-10-23(11-8-17)27(25,26)19-5-4-16-2-1-3-18(16)12-19;/h4-5,12,15,17H,1-3,6-11,13-14,21H2;1H. The van der Waals surface area contributed by atoms with Crippen molar-refractivity contribution in [2.45, 2.75) is 43.4 Å². The predicted molar refractivity (Wildman–Crippen MR) is 111 cm³/mol. The van der Waals surface area contributed by atoms with Crippen LogP contribution in [-0.2, 0) is 27.7 Å². The number of sulfonamides is 1. The Hall–Kier alpha value is -1.15. The molecule has 0 spiro atoms. The second-order valence-corrected chi connectivity index (χ2v) is 10.1. The minimum Gasteiger partial charge on any atom is -0.342 e. The molecule has 0 radical (unpaired) electrons. The van der Waals surface area contributed by atoms with Gasteiger partial charge in [0.05, 0.1) is 4.90 Å². The Morgan fingerprint density at radius 2 is 1.79 bits per heavy atom. The molecule has 6 nitrogen and oxygen atoms in total. The second-order valence-electron chi connectivity index (χ2n) is 8.14. The number of carbonyl (C=O) groups is 1. The lowest BCUT2D eigenvalue weighted by atomic mass is 9.96. The van der Waals surface area contributed by atoms with Gasteiger partial charge in [-0.05, 0) is 74.2 Å². The first-order chi connectivity index (χ1) is 13.0. The van der Waals surface area contributed by atoms with E-state index in [1.54, 1.807) is 10.4 Å². The number of benzene rings is 1. The van der Waals surface area contributed by atoms with E-state index in [9.17, 15) is 13.2 Å². The highest BCUT2D eigenvalue weighted by molar-refractivity contribution is 7.89. The second kappa shape index (κ2) is 8.69. The molecule has 1 aromatic carbocycles. The molecule has 1 amide bonds. The van der Waals surface area contributed by atoms with Crippen molar-refractivity contribution in [2.24, 2.45) is 17.6 Å². The molecule has 8 heteroatoms. The quantitative estimate of drug-likeness (QED) is 0.794. The van der Waals surface area contributed by atoms with Gasteiger partial charge < -0.3 is 10.6 Å². The van der Waals surface area contributed by atoms with E-state index in [1.165, 1.54) is 11.1 Å². The van der Waals surface area contributed by atoms with E-state index >= 15 is 0 Å². The summed E-state index contributed by atoms with van der Waals surface area (Å²) >= 11 is 0. The number of likely N-dealkylation sites (tertiary alicyclic amines) is 1. The maximum Gasteiger partial charge on any atom is 0.243 e. The van der Waals surface area contributed by atoms with E-state index in [1.807, 2.05) is 17.0 Å². The summed E-state index contributed by atoms with van der Waals surface area (Å²) in [5.41, 5.74) is 8.17. The van der Waals surface area contributed by atoms with Crippen molar-refractivity contribution in [3.05, 3.63) is 29.3 Å². The smallest absolute Gasteiger partial charge is 0.243 e. The van der Waals surface area contributed by atoms with Crippen molar-refractivity contribution < 1.29 is 13.2 Å². The Kier molecular flexibility index (Phi) is 6.69. The van der Waals surface area contributed by atoms with Crippen molar-refractivity contribution in [3.8, 4) is 0 Å². The zero-order valence-electron chi connectivity index (χ0n) is 16.2. The van der Waals surface area contributed by atoms with Gasteiger partial charge in [0.15, 0.2) is 0 Å². The Balaban J connectivity index is 0.00000225. The first-order valence-corrected chi connectivity index (χ1v) is 11.5. The van der Waals surface area contributed by atoms with E-state index in [2.05, 4.69) is 0 Å². The van der Waals surface area contributed by atoms with Crippen LogP contribution < -0.4 is 5.73 Å². The van der Waals surface area contributed by atoms with Crippen LogP contribution in [0.2, 0.25) is 0 Å². The van der Waals surface area contributed by atoms with Crippen LogP contribution in [0.1, 0.15) is 36.8 Å². The Labute approximate surface area is 173 Å². The van der Waals surface area contributed by atoms with E-state index in [0.717, 1.165) is 38.8 Å². The molecule has 3 aliphatic rings. The molecule has 0 saturated carbocycles. The normalized spacial score (nSPS) is 23.5. The lowest BCUT2D eigenvalue weighted by Gasteiger charge is -2.32. The zero-order valence-corrected chi connectivity index (χ0v) is 17.8. The lowest BCUT2D eigenvalue weighted by Crippen LogP contribution is -2.44. The number of amides is 1. The van der Waals surface area contributed by atoms with E-state index in [0.29, 0.717) is 43.3 Å². The highest BCUT2D eigenvalue weighted by atomic mass is 35.5. The summed E-state index contributed by atoms with van der Waals surface area (Å²) in [6.45, 7) is 3.01. The molecule has 2 fully saturated rings. The van der Waals surface area contributed by atoms with Crippen molar-refractivity contribution >= 4 is 28.3 Å². The van der Waals surface area contributed by atoms with Gasteiger partial charge in [-0.2, -0.15) is 4.31 Å². The molecule has 156 valence electrons. The van der Waals surface area contributed by atoms with Crippen LogP contribution in [0.4, 0.5) is 0 Å². The molecule has 0 bridgehead atoms. The number of hydrogen-bond acceptors (Lipinski definition) is 4. The summed E-state index contributed by atoms with van der Waals surface area (Å²) < 4.78 is 27.6. The Bertz CT molecular complexity index is 822. The molecule has 28 heavy (non-hydrogen) atoms. The first kappa shape index (κ1) is 21.6. The largest absolute Gasteiger partial charge is 0.342 e. The summed E-state index contributed by atoms with van der Waals surface area (Å²) in [6, 6.07) is 5.56. The first-order valence-electron chi connectivity index (χ1n) is 10.1. The minimum absolute atomic E-state index is 0. The summed E-state index contributed by atoms with van der Waals surface area (Å²) in [5, 5.41) is 0. The molecule has 1 unspecified atom stereocenters. The van der Waals surface area contributed by atoms with Gasteiger partial charge in [-0.1, -0.05) is 6.07 Å². The number of carbonyl (C=O) groups excluding carboxylic acids is 1. The topological polar surface area (TPSA) is 83.7 Å². The van der Waals surface area contributed by atoms with Crippen LogP contribution in [0.3, 0.4) is 0 Å². The zero-order chi connectivity index (χ0) is 19.0. The van der Waals surface area contributed by atoms with Crippen molar-refractivity contribution in [3.63, 3.8) is 0 Å². The number of piperidine rings is 1. The fourth-order valence-electron chi connectivity index (χ4n) is 4.68. The molecule has 1 aliphatic carbocycles. The van der Waals surface area contributed by atoms with Crippen LogP contribution in [-0.4, -0.2) is 56.3 Å². The van der Waals surface area contributed by atoms with Gasteiger partial charge in [0.2, 0.25) is 15.9 Å². The van der Waals surface area contributed by atoms with Crippen LogP contribution >= 0.6 is 12.4 Å². The summed E-state index contributed by atoms with van der Waals surface area (Å²) in [4.78, 5) is 15.1. The molecule has 0 aromatic heterocycles. The maximum absolute atomic E-state index is 13.0. The predicted octanol–water partition coefficient (Wildman–Crippen LogP) is 1.80. The Morgan fingerprint density at radius 3 is 2.46 bits per heavy atom. The number of fused-ring (bicyclic) bond motifs is 1. The molecule has 2 saturated heterocycles. The molecule has 1 aromatic rings. The molecule has 4 rings (SSSR count). The van der Waals surface area contributed by atoms with Gasteiger partial charge in [-0.15, -0.1) is 12.4 Å². The number of nitrogens with two attached hydrogens (primary N) is 1. The fourth-order valence-corrected chi connectivity index (χ4v) is 6.21. The lowest BCUT2D eigenvalue weighted by molar-refractivity contribution is -0.135. The third kappa shape index (κ3) is 4.08. The van der Waals surface area contributed by atoms with Crippen LogP contribution in [0.5, 0.6) is 0 Å². The summed E-state index contributed by atoms with van der Waals surface area (Å²) in [5.74, 6) is 0.530. The minimum atomic E-state index is -3.47. The molecule has 2 heterocycles. The highest BCUT2D eigenvalue weighted by Crippen LogP contribution is 2.29. The fraction of sp³-hybridized carbons (Fsp3) is 0.650. The monoisotopic (exact) mass is 427 g/mol. The number of halogens is 1. The van der Waals surface area contributed by atoms with Gasteiger partial charge in [-0.3, -0.25) is 4.79 Å². The van der Waals surface area contributed by atoms with Crippen LogP contribution in [0.25, 0.3) is 0 Å². The Morgan fingerprint density at radius 1 is 1.07 bits per heavy atom. The van der Waals surface area contributed by atoms with Gasteiger partial charge >= 0.3 is 0 Å². The summed E-state index contributed by atoms with van der Waals surface area (Å²) in [6.07, 6.45) is 5.31. The highest BCUT2D eigenvalue weighted by Gasteiger charge is 2.36. The average Bonchev–Trinajstić information content (AvgIpc) is 3.36. The van der Waals surface area contributed by atoms with E-state index in [-0.39, 0.29) is 24.2 Å². The van der Waals surface area contributed by atoms with Gasteiger partial charge in [0, 0.05) is 32.1 Å². The van der Waals surface area contributed by atoms with Crippen LogP contribution in [0, 0.1) is 11.8 Å². The van der Waals surface area contributed by atoms with Crippen molar-refractivity contribution in [1.82, 2.24) is 9.21 Å². The third-order valence-corrected chi connectivity index (χ3v) is 8.34. The van der Waals surface area contributed by atoms with Crippen molar-refractivity contribution in [2.75, 3.05) is 32.7 Å². The number of rotatable bonds is 4. The van der Waals surface area contributed by atoms with Gasteiger partial charge in [-0.25, -0.2) is 8.42 Å². The number of nitrogens with zero attached hydrogens (tertiary/aromatic N) is 2. The molecule has 2 N–H and O–H groups in total. The third-order valence-electron chi connectivity index (χ3n) is 6.44. The van der Waals surface area contributed by atoms with Gasteiger partial charge in [0.1, 0.15) is 0 Å².